The molecule has 2 rings (SSSR count). The summed E-state index contributed by atoms with van der Waals surface area (Å²) in [6.45, 7) is 0.873. The van der Waals surface area contributed by atoms with Crippen LogP contribution in [0.3, 0.4) is 0 Å². The van der Waals surface area contributed by atoms with Crippen molar-refractivity contribution < 1.29 is 9.53 Å². The van der Waals surface area contributed by atoms with Crippen LogP contribution in [0.4, 0.5) is 0 Å². The molecule has 112 valence electrons. The Kier molecular flexibility index (Phi) is 6.22. The van der Waals surface area contributed by atoms with E-state index in [0.717, 1.165) is 44.3 Å². The van der Waals surface area contributed by atoms with Gasteiger partial charge in [0.25, 0.3) is 0 Å². The number of benzene rings is 1. The van der Waals surface area contributed by atoms with Crippen molar-refractivity contribution in [2.45, 2.75) is 31.7 Å². The van der Waals surface area contributed by atoms with E-state index in [9.17, 15) is 4.79 Å². The third-order valence-electron chi connectivity index (χ3n) is 3.71. The van der Waals surface area contributed by atoms with Crippen molar-refractivity contribution in [3.63, 3.8) is 0 Å². The first kappa shape index (κ1) is 15.5. The van der Waals surface area contributed by atoms with E-state index in [0.29, 0.717) is 0 Å². The standard InChI is InChI=1S/C18H23NO2/c1-21-18-10-7-15(8-11-18)4-2-3-5-16-6-9-17(14-20)19-13-12-16/h3,5-8,10-11,14,17,19H,2,4,9,12-13H2,1H3/b5-3+. The van der Waals surface area contributed by atoms with Gasteiger partial charge in [0.1, 0.15) is 12.0 Å². The molecule has 0 radical (unpaired) electrons. The minimum absolute atomic E-state index is 0.0183. The van der Waals surface area contributed by atoms with Gasteiger partial charge < -0.3 is 14.8 Å². The lowest BCUT2D eigenvalue weighted by molar-refractivity contribution is -0.109. The minimum Gasteiger partial charge on any atom is -0.497 e. The number of methoxy groups -OCH3 is 1. The molecule has 1 aliphatic rings. The molecule has 0 fully saturated rings. The van der Waals surface area contributed by atoms with Crippen LogP contribution in [-0.2, 0) is 11.2 Å². The van der Waals surface area contributed by atoms with E-state index in [1.54, 1.807) is 7.11 Å². The molecule has 0 saturated carbocycles. The summed E-state index contributed by atoms with van der Waals surface area (Å²) in [6, 6.07) is 8.19. The average Bonchev–Trinajstić information content (AvgIpc) is 2.77. The second kappa shape index (κ2) is 8.42. The Labute approximate surface area is 126 Å². The first-order valence-electron chi connectivity index (χ1n) is 7.49. The van der Waals surface area contributed by atoms with Crippen molar-refractivity contribution in [2.24, 2.45) is 0 Å². The van der Waals surface area contributed by atoms with Gasteiger partial charge in [-0.3, -0.25) is 0 Å². The lowest BCUT2D eigenvalue weighted by Crippen LogP contribution is -2.29. The van der Waals surface area contributed by atoms with Gasteiger partial charge in [-0.05, 0) is 49.9 Å². The van der Waals surface area contributed by atoms with Gasteiger partial charge in [-0.25, -0.2) is 0 Å². The Balaban J connectivity index is 1.79. The number of hydrogen-bond donors (Lipinski definition) is 1. The molecule has 1 aliphatic heterocycles. The maximum atomic E-state index is 10.8. The second-order valence-electron chi connectivity index (χ2n) is 5.25. The number of hydrogen-bond acceptors (Lipinski definition) is 3. The minimum atomic E-state index is -0.0183. The van der Waals surface area contributed by atoms with E-state index in [2.05, 4.69) is 35.7 Å². The van der Waals surface area contributed by atoms with Gasteiger partial charge in [0, 0.05) is 0 Å². The molecular formula is C18H23NO2. The highest BCUT2D eigenvalue weighted by Crippen LogP contribution is 2.14. The molecule has 1 atom stereocenters. The first-order chi connectivity index (χ1) is 10.3. The number of aldehydes is 1. The molecule has 3 nitrogen and oxygen atoms in total. The normalized spacial score (nSPS) is 19.1. The topological polar surface area (TPSA) is 38.3 Å². The van der Waals surface area contributed by atoms with Crippen LogP contribution in [0.1, 0.15) is 24.8 Å². The summed E-state index contributed by atoms with van der Waals surface area (Å²) in [5.41, 5.74) is 2.64. The number of aryl methyl sites for hydroxylation is 1. The Hall–Kier alpha value is -1.87. The summed E-state index contributed by atoms with van der Waals surface area (Å²) in [5, 5.41) is 3.22. The molecule has 0 aliphatic carbocycles. The lowest BCUT2D eigenvalue weighted by atomic mass is 10.1. The van der Waals surface area contributed by atoms with Crippen molar-refractivity contribution in [3.05, 3.63) is 53.6 Å². The van der Waals surface area contributed by atoms with Crippen LogP contribution in [0.15, 0.2) is 48.1 Å². The maximum Gasteiger partial charge on any atom is 0.137 e. The van der Waals surface area contributed by atoms with Gasteiger partial charge in [-0.15, -0.1) is 0 Å². The average molecular weight is 285 g/mol. The molecule has 1 N–H and O–H groups in total. The Bertz CT molecular complexity index is 502. The predicted molar refractivity (Wildman–Crippen MR) is 85.6 cm³/mol. The predicted octanol–water partition coefficient (Wildman–Crippen LogP) is 3.06. The molecule has 21 heavy (non-hydrogen) atoms. The van der Waals surface area contributed by atoms with Crippen molar-refractivity contribution in [3.8, 4) is 5.75 Å². The number of nitrogens with one attached hydrogen (secondary N) is 1. The van der Waals surface area contributed by atoms with Gasteiger partial charge >= 0.3 is 0 Å². The summed E-state index contributed by atoms with van der Waals surface area (Å²) in [5.74, 6) is 0.898. The zero-order valence-electron chi connectivity index (χ0n) is 12.5. The van der Waals surface area contributed by atoms with Crippen LogP contribution >= 0.6 is 0 Å². The summed E-state index contributed by atoms with van der Waals surface area (Å²) >= 11 is 0. The highest BCUT2D eigenvalue weighted by molar-refractivity contribution is 5.58. The molecule has 1 unspecified atom stereocenters. The molecule has 3 heteroatoms. The van der Waals surface area contributed by atoms with E-state index in [1.807, 2.05) is 12.1 Å². The van der Waals surface area contributed by atoms with Gasteiger partial charge in [0.15, 0.2) is 0 Å². The van der Waals surface area contributed by atoms with Gasteiger partial charge in [0.05, 0.1) is 13.2 Å². The molecular weight excluding hydrogens is 262 g/mol. The third kappa shape index (κ3) is 5.20. The van der Waals surface area contributed by atoms with Gasteiger partial charge in [0.2, 0.25) is 0 Å². The molecule has 1 aromatic carbocycles. The summed E-state index contributed by atoms with van der Waals surface area (Å²) in [7, 11) is 1.68. The monoisotopic (exact) mass is 285 g/mol. The number of carbonyl (C=O) groups excluding carboxylic acids is 1. The van der Waals surface area contributed by atoms with E-state index in [4.69, 9.17) is 4.74 Å². The molecule has 0 bridgehead atoms. The van der Waals surface area contributed by atoms with Gasteiger partial charge in [-0.1, -0.05) is 35.9 Å². The zero-order chi connectivity index (χ0) is 14.9. The molecule has 1 heterocycles. The van der Waals surface area contributed by atoms with Crippen LogP contribution in [-0.4, -0.2) is 26.0 Å². The number of rotatable bonds is 6. The van der Waals surface area contributed by atoms with Crippen molar-refractivity contribution in [2.75, 3.05) is 13.7 Å². The fraction of sp³-hybridized carbons (Fsp3) is 0.389. The third-order valence-corrected chi connectivity index (χ3v) is 3.71. The van der Waals surface area contributed by atoms with Crippen LogP contribution in [0.2, 0.25) is 0 Å². The van der Waals surface area contributed by atoms with Crippen LogP contribution < -0.4 is 10.1 Å². The largest absolute Gasteiger partial charge is 0.497 e. The summed E-state index contributed by atoms with van der Waals surface area (Å²) in [6.07, 6.45) is 11.4. The van der Waals surface area contributed by atoms with Gasteiger partial charge in [-0.2, -0.15) is 0 Å². The zero-order valence-corrected chi connectivity index (χ0v) is 12.5. The van der Waals surface area contributed by atoms with Crippen LogP contribution in [0.5, 0.6) is 5.75 Å². The van der Waals surface area contributed by atoms with Crippen molar-refractivity contribution in [1.29, 1.82) is 0 Å². The quantitative estimate of drug-likeness (QED) is 0.816. The highest BCUT2D eigenvalue weighted by atomic mass is 16.5. The van der Waals surface area contributed by atoms with E-state index in [-0.39, 0.29) is 6.04 Å². The van der Waals surface area contributed by atoms with E-state index in [1.165, 1.54) is 11.1 Å². The lowest BCUT2D eigenvalue weighted by Gasteiger charge is -2.04. The summed E-state index contributed by atoms with van der Waals surface area (Å²) < 4.78 is 5.15. The summed E-state index contributed by atoms with van der Waals surface area (Å²) in [4.78, 5) is 10.8. The van der Waals surface area contributed by atoms with E-state index < -0.39 is 0 Å². The molecule has 0 aromatic heterocycles. The second-order valence-corrected chi connectivity index (χ2v) is 5.25. The molecule has 0 amide bonds. The van der Waals surface area contributed by atoms with Crippen molar-refractivity contribution >= 4 is 6.29 Å². The maximum absolute atomic E-state index is 10.8. The number of ether oxygens (including phenoxy) is 1. The fourth-order valence-corrected chi connectivity index (χ4v) is 2.40. The Morgan fingerprint density at radius 2 is 2.14 bits per heavy atom. The first-order valence-corrected chi connectivity index (χ1v) is 7.49. The van der Waals surface area contributed by atoms with Crippen LogP contribution in [0, 0.1) is 0 Å². The Morgan fingerprint density at radius 1 is 1.33 bits per heavy atom. The fourth-order valence-electron chi connectivity index (χ4n) is 2.40. The number of carbonyl (C=O) groups is 1. The van der Waals surface area contributed by atoms with Crippen molar-refractivity contribution in [1.82, 2.24) is 5.32 Å². The Morgan fingerprint density at radius 3 is 2.86 bits per heavy atom. The number of allylic oxidation sites excluding steroid dienone is 2. The highest BCUT2D eigenvalue weighted by Gasteiger charge is 2.08. The smallest absolute Gasteiger partial charge is 0.137 e. The molecule has 0 saturated heterocycles. The molecule has 1 aromatic rings. The van der Waals surface area contributed by atoms with E-state index >= 15 is 0 Å². The molecule has 0 spiro atoms. The SMILES string of the molecule is COc1ccc(CC/C=C/C2=CCC(C=O)NCC2)cc1. The van der Waals surface area contributed by atoms with Crippen LogP contribution in [0.25, 0.3) is 0 Å².